The maximum absolute atomic E-state index is 7.11. The fourth-order valence-electron chi connectivity index (χ4n) is 7.12. The van der Waals surface area contributed by atoms with Gasteiger partial charge >= 0.3 is 0 Å². The molecule has 280 valence electrons. The van der Waals surface area contributed by atoms with Crippen molar-refractivity contribution >= 4 is 0 Å². The number of nitrogens with zero attached hydrogens (tertiary/aromatic N) is 1. The van der Waals surface area contributed by atoms with Crippen molar-refractivity contribution in [2.45, 2.75) is 220 Å². The molecule has 2 atom stereocenters. The summed E-state index contributed by atoms with van der Waals surface area (Å²) in [6.45, 7) is 15.3. The van der Waals surface area contributed by atoms with E-state index in [-0.39, 0.29) is 5.60 Å². The molecule has 1 aliphatic heterocycles. The standard InChI is InChI=1S/C46H85NO/c1-6-9-11-13-15-17-19-21-23-25-27-29-31-33-35-37-40-46(5,48-45-43-47(8-3)42-39-44(45)4)41-38-36-34-32-30-28-26-24-22-20-18-16-14-12-10-7-2/h15-18,21-24,44-45H,6-14,19-20,25-43H2,1-5H3. The van der Waals surface area contributed by atoms with Crippen molar-refractivity contribution < 1.29 is 4.74 Å². The van der Waals surface area contributed by atoms with Crippen molar-refractivity contribution in [1.29, 1.82) is 0 Å². The van der Waals surface area contributed by atoms with Crippen LogP contribution in [0.2, 0.25) is 0 Å². The van der Waals surface area contributed by atoms with Gasteiger partial charge in [-0.25, -0.2) is 0 Å². The third-order valence-electron chi connectivity index (χ3n) is 10.7. The predicted octanol–water partition coefficient (Wildman–Crippen LogP) is 14.9. The molecule has 48 heavy (non-hydrogen) atoms. The lowest BCUT2D eigenvalue weighted by Gasteiger charge is -2.42. The Balaban J connectivity index is 2.26. The van der Waals surface area contributed by atoms with Crippen LogP contribution in [0, 0.1) is 5.92 Å². The van der Waals surface area contributed by atoms with E-state index < -0.39 is 0 Å². The molecule has 0 bridgehead atoms. The zero-order chi connectivity index (χ0) is 34.8. The summed E-state index contributed by atoms with van der Waals surface area (Å²) in [6, 6.07) is 0. The zero-order valence-corrected chi connectivity index (χ0v) is 33.3. The Labute approximate surface area is 302 Å². The number of hydrogen-bond acceptors (Lipinski definition) is 2. The Hall–Kier alpha value is -1.12. The van der Waals surface area contributed by atoms with Crippen LogP contribution < -0.4 is 0 Å². The van der Waals surface area contributed by atoms with Crippen LogP contribution in [-0.4, -0.2) is 36.2 Å². The normalized spacial score (nSPS) is 19.1. The number of ether oxygens (including phenoxy) is 1. The van der Waals surface area contributed by atoms with Crippen molar-refractivity contribution in [3.8, 4) is 0 Å². The highest BCUT2D eigenvalue weighted by Gasteiger charge is 2.33. The molecule has 0 aromatic rings. The first-order valence-electron chi connectivity index (χ1n) is 21.5. The third kappa shape index (κ3) is 26.7. The Morgan fingerprint density at radius 1 is 0.542 bits per heavy atom. The lowest BCUT2D eigenvalue weighted by atomic mass is 9.89. The predicted molar refractivity (Wildman–Crippen MR) is 217 cm³/mol. The summed E-state index contributed by atoms with van der Waals surface area (Å²) in [5.74, 6) is 0.679. The van der Waals surface area contributed by atoms with E-state index in [9.17, 15) is 0 Å². The van der Waals surface area contributed by atoms with Gasteiger partial charge < -0.3 is 9.64 Å². The maximum atomic E-state index is 7.11. The summed E-state index contributed by atoms with van der Waals surface area (Å²) in [6.07, 6.45) is 54.7. The van der Waals surface area contributed by atoms with Crippen LogP contribution >= 0.6 is 0 Å². The Morgan fingerprint density at radius 2 is 0.938 bits per heavy atom. The van der Waals surface area contributed by atoms with Gasteiger partial charge in [-0.05, 0) is 109 Å². The van der Waals surface area contributed by atoms with E-state index in [1.807, 2.05) is 0 Å². The molecule has 1 rings (SSSR count). The fraction of sp³-hybridized carbons (Fsp3) is 0.826. The highest BCUT2D eigenvalue weighted by atomic mass is 16.5. The van der Waals surface area contributed by atoms with Crippen LogP contribution in [0.4, 0.5) is 0 Å². The summed E-state index contributed by atoms with van der Waals surface area (Å²) in [4.78, 5) is 2.60. The van der Waals surface area contributed by atoms with Gasteiger partial charge in [0.1, 0.15) is 0 Å². The van der Waals surface area contributed by atoms with E-state index in [0.29, 0.717) is 12.0 Å². The van der Waals surface area contributed by atoms with E-state index >= 15 is 0 Å². The van der Waals surface area contributed by atoms with Crippen molar-refractivity contribution in [3.63, 3.8) is 0 Å². The largest absolute Gasteiger partial charge is 0.370 e. The average Bonchev–Trinajstić information content (AvgIpc) is 3.09. The van der Waals surface area contributed by atoms with Crippen LogP contribution in [-0.2, 0) is 4.74 Å². The molecule has 1 fully saturated rings. The molecule has 1 saturated heterocycles. The minimum atomic E-state index is 0.0418. The number of piperidine rings is 1. The molecular formula is C46H85NO. The molecule has 0 aromatic heterocycles. The molecule has 2 nitrogen and oxygen atoms in total. The molecule has 2 unspecified atom stereocenters. The average molecular weight is 668 g/mol. The number of likely N-dealkylation sites (N-methyl/N-ethyl adjacent to an activating group) is 1. The van der Waals surface area contributed by atoms with Crippen LogP contribution in [0.3, 0.4) is 0 Å². The summed E-state index contributed by atoms with van der Waals surface area (Å²) in [7, 11) is 0. The van der Waals surface area contributed by atoms with Crippen LogP contribution in [0.1, 0.15) is 208 Å². The minimum Gasteiger partial charge on any atom is -0.370 e. The summed E-state index contributed by atoms with van der Waals surface area (Å²) in [5.41, 5.74) is 0.0418. The van der Waals surface area contributed by atoms with Gasteiger partial charge in [0.15, 0.2) is 0 Å². The number of hydrogen-bond donors (Lipinski definition) is 0. The molecular weight excluding hydrogens is 583 g/mol. The number of likely N-dealkylation sites (tertiary alicyclic amines) is 1. The van der Waals surface area contributed by atoms with Crippen molar-refractivity contribution in [2.75, 3.05) is 19.6 Å². The summed E-state index contributed by atoms with van der Waals surface area (Å²) >= 11 is 0. The lowest BCUT2D eigenvalue weighted by molar-refractivity contribution is -0.133. The fourth-order valence-corrected chi connectivity index (χ4v) is 7.12. The molecule has 0 spiro atoms. The minimum absolute atomic E-state index is 0.0418. The second-order valence-electron chi connectivity index (χ2n) is 15.4. The van der Waals surface area contributed by atoms with Gasteiger partial charge in [0.05, 0.1) is 11.7 Å². The first-order chi connectivity index (χ1) is 23.5. The molecule has 1 aliphatic rings. The Kier molecular flexibility index (Phi) is 30.9. The van der Waals surface area contributed by atoms with Crippen LogP contribution in [0.5, 0.6) is 0 Å². The number of allylic oxidation sites excluding steroid dienone is 8. The van der Waals surface area contributed by atoms with Crippen LogP contribution in [0.15, 0.2) is 48.6 Å². The maximum Gasteiger partial charge on any atom is 0.0735 e. The van der Waals surface area contributed by atoms with E-state index in [4.69, 9.17) is 4.74 Å². The molecule has 0 radical (unpaired) electrons. The van der Waals surface area contributed by atoms with E-state index in [0.717, 1.165) is 25.9 Å². The molecule has 0 amide bonds. The van der Waals surface area contributed by atoms with Gasteiger partial charge in [-0.1, -0.05) is 166 Å². The molecule has 0 saturated carbocycles. The first-order valence-corrected chi connectivity index (χ1v) is 21.5. The van der Waals surface area contributed by atoms with Crippen LogP contribution in [0.25, 0.3) is 0 Å². The molecule has 2 heteroatoms. The monoisotopic (exact) mass is 668 g/mol. The second kappa shape index (κ2) is 33.0. The van der Waals surface area contributed by atoms with Gasteiger partial charge in [-0.15, -0.1) is 0 Å². The highest BCUT2D eigenvalue weighted by molar-refractivity contribution is 4.93. The van der Waals surface area contributed by atoms with Crippen molar-refractivity contribution in [3.05, 3.63) is 48.6 Å². The summed E-state index contributed by atoms with van der Waals surface area (Å²) < 4.78 is 7.11. The quantitative estimate of drug-likeness (QED) is 0.0510. The van der Waals surface area contributed by atoms with Gasteiger partial charge in [-0.3, -0.25) is 0 Å². The smallest absolute Gasteiger partial charge is 0.0735 e. The van der Waals surface area contributed by atoms with Gasteiger partial charge in [-0.2, -0.15) is 0 Å². The van der Waals surface area contributed by atoms with E-state index in [1.54, 1.807) is 0 Å². The summed E-state index contributed by atoms with van der Waals surface area (Å²) in [5, 5.41) is 0. The van der Waals surface area contributed by atoms with Crippen molar-refractivity contribution in [1.82, 2.24) is 4.90 Å². The SMILES string of the molecule is CCCCCC=CCC=CCCCCCCCCC(C)(CCCCCCCCC=CCC=CCCCCC)OC1CN(CC)CCC1C. The first kappa shape index (κ1) is 44.9. The van der Waals surface area contributed by atoms with E-state index in [1.165, 1.54) is 167 Å². The molecule has 0 aliphatic carbocycles. The number of unbranched alkanes of at least 4 members (excludes halogenated alkanes) is 18. The van der Waals surface area contributed by atoms with Crippen molar-refractivity contribution in [2.24, 2.45) is 5.92 Å². The highest BCUT2D eigenvalue weighted by Crippen LogP contribution is 2.32. The number of rotatable bonds is 33. The Bertz CT molecular complexity index is 746. The van der Waals surface area contributed by atoms with E-state index in [2.05, 4.69) is 88.1 Å². The van der Waals surface area contributed by atoms with Gasteiger partial charge in [0.25, 0.3) is 0 Å². The van der Waals surface area contributed by atoms with Gasteiger partial charge in [0.2, 0.25) is 0 Å². The Morgan fingerprint density at radius 3 is 1.35 bits per heavy atom. The molecule has 0 aromatic carbocycles. The third-order valence-corrected chi connectivity index (χ3v) is 10.7. The topological polar surface area (TPSA) is 12.5 Å². The molecule has 1 heterocycles. The zero-order valence-electron chi connectivity index (χ0n) is 33.3. The molecule has 0 N–H and O–H groups in total. The lowest BCUT2D eigenvalue weighted by Crippen LogP contribution is -2.48. The second-order valence-corrected chi connectivity index (χ2v) is 15.4. The van der Waals surface area contributed by atoms with Gasteiger partial charge in [0, 0.05) is 6.54 Å².